The fourth-order valence-electron chi connectivity index (χ4n) is 5.14. The summed E-state index contributed by atoms with van der Waals surface area (Å²) in [5, 5.41) is 13.8. The number of aryl methyl sites for hydroxylation is 1. The number of rotatable bonds is 11. The second kappa shape index (κ2) is 12.3. The SMILES string of the molecule is COCCc1c(-c2ccc(C)cc2F)c(-c2ccccc2)nn1C[C@H]1CC[C@H](COCC(=O)O)CC1. The van der Waals surface area contributed by atoms with Crippen molar-refractivity contribution in [3.63, 3.8) is 0 Å². The molecule has 4 rings (SSSR count). The normalized spacial score (nSPS) is 17.9. The molecular weight excluding hydrogens is 459 g/mol. The van der Waals surface area contributed by atoms with Crippen LogP contribution in [0.4, 0.5) is 4.39 Å². The van der Waals surface area contributed by atoms with Crippen LogP contribution in [0.5, 0.6) is 0 Å². The van der Waals surface area contributed by atoms with Crippen molar-refractivity contribution in [1.82, 2.24) is 9.78 Å². The van der Waals surface area contributed by atoms with Gasteiger partial charge in [0.05, 0.1) is 13.2 Å². The van der Waals surface area contributed by atoms with Gasteiger partial charge < -0.3 is 14.6 Å². The molecule has 1 aliphatic rings. The minimum absolute atomic E-state index is 0.239. The van der Waals surface area contributed by atoms with E-state index >= 15 is 4.39 Å². The molecule has 1 aromatic heterocycles. The molecule has 6 nitrogen and oxygen atoms in total. The van der Waals surface area contributed by atoms with Gasteiger partial charge >= 0.3 is 5.97 Å². The molecule has 36 heavy (non-hydrogen) atoms. The first-order valence-corrected chi connectivity index (χ1v) is 12.7. The Morgan fingerprint density at radius 1 is 1.11 bits per heavy atom. The molecule has 0 atom stereocenters. The molecule has 0 radical (unpaired) electrons. The third-order valence-corrected chi connectivity index (χ3v) is 7.02. The minimum atomic E-state index is -0.930. The van der Waals surface area contributed by atoms with Gasteiger partial charge in [0.2, 0.25) is 0 Å². The molecule has 1 aliphatic carbocycles. The fourth-order valence-corrected chi connectivity index (χ4v) is 5.14. The number of ether oxygens (including phenoxy) is 2. The molecular formula is C29H35FN2O4. The summed E-state index contributed by atoms with van der Waals surface area (Å²) in [6.45, 7) is 3.43. The lowest BCUT2D eigenvalue weighted by Crippen LogP contribution is -2.24. The Bertz CT molecular complexity index is 1150. The van der Waals surface area contributed by atoms with Crippen LogP contribution in [0.15, 0.2) is 48.5 Å². The quantitative estimate of drug-likeness (QED) is 0.367. The fraction of sp³-hybridized carbons (Fsp3) is 0.448. The van der Waals surface area contributed by atoms with E-state index in [2.05, 4.69) is 4.68 Å². The van der Waals surface area contributed by atoms with E-state index in [9.17, 15) is 4.79 Å². The summed E-state index contributed by atoms with van der Waals surface area (Å²) in [7, 11) is 1.68. The smallest absolute Gasteiger partial charge is 0.329 e. The van der Waals surface area contributed by atoms with Crippen LogP contribution in [0.3, 0.4) is 0 Å². The van der Waals surface area contributed by atoms with Gasteiger partial charge in [-0.25, -0.2) is 9.18 Å². The highest BCUT2D eigenvalue weighted by atomic mass is 19.1. The van der Waals surface area contributed by atoms with E-state index in [-0.39, 0.29) is 12.4 Å². The van der Waals surface area contributed by atoms with Crippen LogP contribution in [0.2, 0.25) is 0 Å². The van der Waals surface area contributed by atoms with Crippen molar-refractivity contribution in [2.45, 2.75) is 45.6 Å². The van der Waals surface area contributed by atoms with Gasteiger partial charge in [-0.05, 0) is 56.1 Å². The summed E-state index contributed by atoms with van der Waals surface area (Å²) in [5.74, 6) is -0.335. The lowest BCUT2D eigenvalue weighted by molar-refractivity contribution is -0.142. The highest BCUT2D eigenvalue weighted by Crippen LogP contribution is 2.38. The number of halogens is 1. The van der Waals surface area contributed by atoms with E-state index < -0.39 is 5.97 Å². The Kier molecular flexibility index (Phi) is 8.88. The van der Waals surface area contributed by atoms with Crippen molar-refractivity contribution in [1.29, 1.82) is 0 Å². The van der Waals surface area contributed by atoms with Gasteiger partial charge in [0, 0.05) is 42.5 Å². The standard InChI is InChI=1S/C29H35FN2O4/c1-20-8-13-24(25(30)16-20)28-26(14-15-35-2)32(31-29(28)23-6-4-3-5-7-23)17-21-9-11-22(12-10-21)18-36-19-27(33)34/h3-8,13,16,21-22H,9-12,14-15,17-19H2,1-2H3,(H,33,34)/t21-,22-. The van der Waals surface area contributed by atoms with Crippen molar-refractivity contribution < 1.29 is 23.8 Å². The third kappa shape index (κ3) is 6.39. The molecule has 1 N–H and O–H groups in total. The highest BCUT2D eigenvalue weighted by molar-refractivity contribution is 5.83. The molecule has 1 fully saturated rings. The van der Waals surface area contributed by atoms with Gasteiger partial charge in [0.25, 0.3) is 0 Å². The Labute approximate surface area is 212 Å². The van der Waals surface area contributed by atoms with Crippen LogP contribution in [-0.4, -0.2) is 47.8 Å². The van der Waals surface area contributed by atoms with Crippen molar-refractivity contribution in [2.24, 2.45) is 11.8 Å². The van der Waals surface area contributed by atoms with E-state index in [0.29, 0.717) is 37.0 Å². The average Bonchev–Trinajstić information content (AvgIpc) is 3.21. The zero-order valence-electron chi connectivity index (χ0n) is 21.1. The highest BCUT2D eigenvalue weighted by Gasteiger charge is 2.27. The lowest BCUT2D eigenvalue weighted by atomic mass is 9.82. The van der Waals surface area contributed by atoms with E-state index in [0.717, 1.165) is 60.3 Å². The zero-order chi connectivity index (χ0) is 25.5. The molecule has 2 aromatic carbocycles. The van der Waals surface area contributed by atoms with Gasteiger partial charge in [-0.15, -0.1) is 0 Å². The van der Waals surface area contributed by atoms with Crippen LogP contribution >= 0.6 is 0 Å². The summed E-state index contributed by atoms with van der Waals surface area (Å²) >= 11 is 0. The van der Waals surface area contributed by atoms with Gasteiger partial charge in [-0.3, -0.25) is 4.68 Å². The summed E-state index contributed by atoms with van der Waals surface area (Å²) < 4.78 is 28.1. The number of hydrogen-bond acceptors (Lipinski definition) is 4. The average molecular weight is 495 g/mol. The first kappa shape index (κ1) is 26.0. The van der Waals surface area contributed by atoms with E-state index in [1.165, 1.54) is 0 Å². The molecule has 7 heteroatoms. The van der Waals surface area contributed by atoms with Gasteiger partial charge in [0.15, 0.2) is 0 Å². The van der Waals surface area contributed by atoms with E-state index in [1.54, 1.807) is 13.2 Å². The number of carboxylic acids is 1. The molecule has 192 valence electrons. The number of aromatic nitrogens is 2. The predicted octanol–water partition coefficient (Wildman–Crippen LogP) is 5.76. The summed E-state index contributed by atoms with van der Waals surface area (Å²) in [5.41, 5.74) is 5.03. The zero-order valence-corrected chi connectivity index (χ0v) is 21.1. The maximum Gasteiger partial charge on any atom is 0.329 e. The monoisotopic (exact) mass is 494 g/mol. The van der Waals surface area contributed by atoms with Gasteiger partial charge in [-0.1, -0.05) is 42.5 Å². The van der Waals surface area contributed by atoms with Crippen LogP contribution in [0.1, 0.15) is 36.9 Å². The van der Waals surface area contributed by atoms with Gasteiger partial charge in [0.1, 0.15) is 18.1 Å². The van der Waals surface area contributed by atoms with Crippen molar-refractivity contribution in [3.05, 3.63) is 65.6 Å². The summed E-state index contributed by atoms with van der Waals surface area (Å²) in [6.07, 6.45) is 4.70. The maximum absolute atomic E-state index is 15.3. The number of nitrogens with zero attached hydrogens (tertiary/aromatic N) is 2. The number of methoxy groups -OCH3 is 1. The molecule has 1 saturated carbocycles. The number of carbonyl (C=O) groups is 1. The van der Waals surface area contributed by atoms with Crippen molar-refractivity contribution in [2.75, 3.05) is 26.9 Å². The second-order valence-electron chi connectivity index (χ2n) is 9.74. The number of aliphatic carboxylic acids is 1. The Morgan fingerprint density at radius 2 is 1.83 bits per heavy atom. The second-order valence-corrected chi connectivity index (χ2v) is 9.74. The van der Waals surface area contributed by atoms with E-state index in [1.807, 2.05) is 49.4 Å². The van der Waals surface area contributed by atoms with Crippen LogP contribution in [0.25, 0.3) is 22.4 Å². The number of benzene rings is 2. The molecule has 0 spiro atoms. The lowest BCUT2D eigenvalue weighted by Gasteiger charge is -2.28. The number of hydrogen-bond donors (Lipinski definition) is 1. The molecule has 0 saturated heterocycles. The maximum atomic E-state index is 15.3. The molecule has 0 aliphatic heterocycles. The van der Waals surface area contributed by atoms with Crippen molar-refractivity contribution >= 4 is 5.97 Å². The summed E-state index contributed by atoms with van der Waals surface area (Å²) in [6, 6.07) is 15.3. The van der Waals surface area contributed by atoms with Crippen LogP contribution < -0.4 is 0 Å². The molecule has 0 unspecified atom stereocenters. The summed E-state index contributed by atoms with van der Waals surface area (Å²) in [4.78, 5) is 10.7. The topological polar surface area (TPSA) is 73.6 Å². The largest absolute Gasteiger partial charge is 0.480 e. The Balaban J connectivity index is 1.63. The first-order chi connectivity index (χ1) is 17.5. The predicted molar refractivity (Wildman–Crippen MR) is 137 cm³/mol. The minimum Gasteiger partial charge on any atom is -0.480 e. The third-order valence-electron chi connectivity index (χ3n) is 7.02. The van der Waals surface area contributed by atoms with Crippen LogP contribution in [0, 0.1) is 24.6 Å². The van der Waals surface area contributed by atoms with Crippen molar-refractivity contribution in [3.8, 4) is 22.4 Å². The van der Waals surface area contributed by atoms with Crippen LogP contribution in [-0.2, 0) is 27.2 Å². The molecule has 0 bridgehead atoms. The van der Waals surface area contributed by atoms with E-state index in [4.69, 9.17) is 19.7 Å². The molecule has 1 heterocycles. The van der Waals surface area contributed by atoms with Gasteiger partial charge in [-0.2, -0.15) is 5.10 Å². The molecule has 0 amide bonds. The Morgan fingerprint density at radius 3 is 2.50 bits per heavy atom. The Hall–Kier alpha value is -3.03. The first-order valence-electron chi connectivity index (χ1n) is 12.7. The molecule has 3 aromatic rings. The number of carboxylic acid groups (broad SMARTS) is 1.